The number of hydrogen-bond acceptors (Lipinski definition) is 5. The van der Waals surface area contributed by atoms with Crippen molar-refractivity contribution < 1.29 is 24.2 Å². The highest BCUT2D eigenvalue weighted by atomic mass is 16.6. The molecule has 1 N–H and O–H groups in total. The lowest BCUT2D eigenvalue weighted by Crippen LogP contribution is -2.28. The van der Waals surface area contributed by atoms with Crippen LogP contribution in [-0.4, -0.2) is 36.4 Å². The van der Waals surface area contributed by atoms with E-state index in [2.05, 4.69) is 86.8 Å². The molecule has 0 heterocycles. The Morgan fingerprint density at radius 2 is 0.642 bits per heavy atom. The summed E-state index contributed by atoms with van der Waals surface area (Å²) in [5, 5.41) is 9.62. The van der Waals surface area contributed by atoms with Crippen molar-refractivity contribution in [3.05, 3.63) is 72.9 Å². The summed E-state index contributed by atoms with van der Waals surface area (Å²) in [6.07, 6.45) is 79.0. The van der Waals surface area contributed by atoms with Crippen molar-refractivity contribution in [2.45, 2.75) is 296 Å². The maximum atomic E-state index is 12.3. The van der Waals surface area contributed by atoms with Gasteiger partial charge < -0.3 is 14.6 Å². The van der Waals surface area contributed by atoms with Crippen molar-refractivity contribution in [1.82, 2.24) is 0 Å². The number of esters is 2. The molecular weight excluding hydrogens is 825 g/mol. The average molecular weight is 936 g/mol. The van der Waals surface area contributed by atoms with E-state index in [0.29, 0.717) is 12.8 Å². The summed E-state index contributed by atoms with van der Waals surface area (Å²) >= 11 is 0. The lowest BCUT2D eigenvalue weighted by atomic mass is 10.0. The monoisotopic (exact) mass is 935 g/mol. The number of carbonyl (C=O) groups excluding carboxylic acids is 2. The van der Waals surface area contributed by atoms with E-state index in [9.17, 15) is 14.7 Å². The maximum Gasteiger partial charge on any atom is 0.306 e. The smallest absolute Gasteiger partial charge is 0.306 e. The molecule has 0 saturated carbocycles. The highest BCUT2D eigenvalue weighted by molar-refractivity contribution is 5.70. The number of aliphatic hydroxyl groups excluding tert-OH is 1. The van der Waals surface area contributed by atoms with Gasteiger partial charge in [0.25, 0.3) is 0 Å². The van der Waals surface area contributed by atoms with Crippen LogP contribution < -0.4 is 0 Å². The van der Waals surface area contributed by atoms with Crippen LogP contribution in [0.5, 0.6) is 0 Å². The summed E-state index contributed by atoms with van der Waals surface area (Å²) in [7, 11) is 0. The van der Waals surface area contributed by atoms with Crippen LogP contribution in [0.1, 0.15) is 290 Å². The summed E-state index contributed by atoms with van der Waals surface area (Å²) in [4.78, 5) is 24.4. The van der Waals surface area contributed by atoms with Crippen LogP contribution >= 0.6 is 0 Å². The molecule has 1 unspecified atom stereocenters. The van der Waals surface area contributed by atoms with E-state index in [0.717, 1.165) is 77.0 Å². The largest absolute Gasteiger partial charge is 0.462 e. The van der Waals surface area contributed by atoms with E-state index in [1.807, 2.05) is 0 Å². The zero-order chi connectivity index (χ0) is 48.5. The molecule has 0 radical (unpaired) electrons. The summed E-state index contributed by atoms with van der Waals surface area (Å²) in [6.45, 7) is 3.99. The van der Waals surface area contributed by atoms with Crippen molar-refractivity contribution in [2.75, 3.05) is 13.2 Å². The van der Waals surface area contributed by atoms with Gasteiger partial charge in [-0.1, -0.05) is 273 Å². The van der Waals surface area contributed by atoms with Gasteiger partial charge in [-0.3, -0.25) is 9.59 Å². The van der Waals surface area contributed by atoms with Crippen LogP contribution in [-0.2, 0) is 19.1 Å². The van der Waals surface area contributed by atoms with Crippen LogP contribution in [0.3, 0.4) is 0 Å². The molecule has 0 aromatic rings. The van der Waals surface area contributed by atoms with Crippen molar-refractivity contribution >= 4 is 11.9 Å². The standard InChI is InChI=1S/C62H110O5/c1-3-5-7-9-11-13-15-17-19-20-21-22-23-24-25-26-27-28-29-30-31-32-33-34-35-36-37-38-39-40-41-42-43-45-47-49-51-53-55-57-62(65)67-60(58-63)59-66-61(64)56-54-52-50-48-46-44-18-16-14-12-10-8-6-4-2/h5,7,10-13,16-19,21-22,60,63H,3-4,6,8-9,14-15,20,23-59H2,1-2H3/b7-5-,12-10-,13-11-,18-16-,19-17-,22-21-. The number of rotatable bonds is 53. The van der Waals surface area contributed by atoms with E-state index in [4.69, 9.17) is 9.47 Å². The molecule has 5 heteroatoms. The van der Waals surface area contributed by atoms with Gasteiger partial charge in [-0.25, -0.2) is 0 Å². The minimum Gasteiger partial charge on any atom is -0.462 e. The second kappa shape index (κ2) is 57.7. The molecule has 0 aromatic carbocycles. The normalized spacial score (nSPS) is 12.7. The maximum absolute atomic E-state index is 12.3. The number of ether oxygens (including phenoxy) is 2. The van der Waals surface area contributed by atoms with Gasteiger partial charge in [-0.15, -0.1) is 0 Å². The van der Waals surface area contributed by atoms with Crippen LogP contribution in [0, 0.1) is 0 Å². The fourth-order valence-corrected chi connectivity index (χ4v) is 8.39. The van der Waals surface area contributed by atoms with E-state index in [1.54, 1.807) is 0 Å². The second-order valence-electron chi connectivity index (χ2n) is 19.3. The van der Waals surface area contributed by atoms with Gasteiger partial charge in [-0.05, 0) is 77.0 Å². The molecule has 67 heavy (non-hydrogen) atoms. The van der Waals surface area contributed by atoms with Gasteiger partial charge in [0, 0.05) is 12.8 Å². The predicted molar refractivity (Wildman–Crippen MR) is 293 cm³/mol. The second-order valence-corrected chi connectivity index (χ2v) is 19.3. The van der Waals surface area contributed by atoms with E-state index in [1.165, 1.54) is 186 Å². The molecule has 0 aliphatic carbocycles. The molecule has 0 aliphatic heterocycles. The van der Waals surface area contributed by atoms with Gasteiger partial charge in [0.15, 0.2) is 6.10 Å². The SMILES string of the molecule is CC/C=C\C/C=C\C/C=C\C/C=C\CCCCCCCCCCCCCCCCCCCCCCCCCCCCC(=O)OC(CO)COC(=O)CCCCCCC/C=C\C/C=C\CCCC. The molecule has 388 valence electrons. The van der Waals surface area contributed by atoms with Crippen LogP contribution in [0.2, 0.25) is 0 Å². The third-order valence-corrected chi connectivity index (χ3v) is 12.7. The quantitative estimate of drug-likeness (QED) is 0.0374. The lowest BCUT2D eigenvalue weighted by Gasteiger charge is -2.15. The summed E-state index contributed by atoms with van der Waals surface area (Å²) < 4.78 is 10.7. The summed E-state index contributed by atoms with van der Waals surface area (Å²) in [5.74, 6) is -0.597. The van der Waals surface area contributed by atoms with Crippen LogP contribution in [0.25, 0.3) is 0 Å². The van der Waals surface area contributed by atoms with Crippen molar-refractivity contribution in [3.63, 3.8) is 0 Å². The lowest BCUT2D eigenvalue weighted by molar-refractivity contribution is -0.161. The van der Waals surface area contributed by atoms with Crippen LogP contribution in [0.4, 0.5) is 0 Å². The first-order valence-corrected chi connectivity index (χ1v) is 29.0. The summed E-state index contributed by atoms with van der Waals surface area (Å²) in [6, 6.07) is 0. The Balaban J connectivity index is 3.39. The molecular formula is C62H110O5. The Morgan fingerprint density at radius 1 is 0.358 bits per heavy atom. The third kappa shape index (κ3) is 55.8. The number of allylic oxidation sites excluding steroid dienone is 12. The Morgan fingerprint density at radius 3 is 0.970 bits per heavy atom. The number of carbonyl (C=O) groups is 2. The molecule has 0 aromatic heterocycles. The number of unbranched alkanes of at least 4 members (excludes halogenated alkanes) is 33. The molecule has 0 bridgehead atoms. The van der Waals surface area contributed by atoms with E-state index >= 15 is 0 Å². The highest BCUT2D eigenvalue weighted by Crippen LogP contribution is 2.17. The first kappa shape index (κ1) is 64.3. The van der Waals surface area contributed by atoms with Gasteiger partial charge in [-0.2, -0.15) is 0 Å². The zero-order valence-electron chi connectivity index (χ0n) is 44.4. The van der Waals surface area contributed by atoms with E-state index < -0.39 is 6.10 Å². The zero-order valence-corrected chi connectivity index (χ0v) is 44.4. The molecule has 0 rings (SSSR count). The predicted octanol–water partition coefficient (Wildman–Crippen LogP) is 19.6. The molecule has 0 saturated heterocycles. The Hall–Kier alpha value is -2.66. The Bertz CT molecular complexity index is 1190. The van der Waals surface area contributed by atoms with Crippen molar-refractivity contribution in [2.24, 2.45) is 0 Å². The molecule has 0 amide bonds. The van der Waals surface area contributed by atoms with Crippen LogP contribution in [0.15, 0.2) is 72.9 Å². The average Bonchev–Trinajstić information content (AvgIpc) is 3.33. The Labute approximate surface area is 416 Å². The molecule has 0 aliphatic rings. The summed E-state index contributed by atoms with van der Waals surface area (Å²) in [5.41, 5.74) is 0. The number of hydrogen-bond donors (Lipinski definition) is 1. The minimum absolute atomic E-state index is 0.0713. The molecule has 1 atom stereocenters. The van der Waals surface area contributed by atoms with Gasteiger partial charge in [0.1, 0.15) is 6.61 Å². The van der Waals surface area contributed by atoms with Gasteiger partial charge in [0.2, 0.25) is 0 Å². The minimum atomic E-state index is -0.777. The third-order valence-electron chi connectivity index (χ3n) is 12.7. The Kier molecular flexibility index (Phi) is 55.4. The van der Waals surface area contributed by atoms with Gasteiger partial charge in [0.05, 0.1) is 6.61 Å². The molecule has 0 fully saturated rings. The van der Waals surface area contributed by atoms with E-state index in [-0.39, 0.29) is 25.2 Å². The van der Waals surface area contributed by atoms with Gasteiger partial charge >= 0.3 is 11.9 Å². The topological polar surface area (TPSA) is 72.8 Å². The highest BCUT2D eigenvalue weighted by Gasteiger charge is 2.16. The fourth-order valence-electron chi connectivity index (χ4n) is 8.39. The molecule has 0 spiro atoms. The number of aliphatic hydroxyl groups is 1. The molecule has 5 nitrogen and oxygen atoms in total. The van der Waals surface area contributed by atoms with Crippen molar-refractivity contribution in [3.8, 4) is 0 Å². The first-order chi connectivity index (χ1) is 33.1. The van der Waals surface area contributed by atoms with Crippen molar-refractivity contribution in [1.29, 1.82) is 0 Å². The first-order valence-electron chi connectivity index (χ1n) is 29.0. The fraction of sp³-hybridized carbons (Fsp3) is 0.774.